The topological polar surface area (TPSA) is 82.3 Å². The Labute approximate surface area is 182 Å². The number of nitrogens with zero attached hydrogens (tertiary/aromatic N) is 2. The third-order valence-electron chi connectivity index (χ3n) is 6.29. The Morgan fingerprint density at radius 1 is 0.871 bits per heavy atom. The maximum absolute atomic E-state index is 6.20. The number of rotatable bonds is 4. The second-order valence-corrected chi connectivity index (χ2v) is 8.20. The molecule has 0 bridgehead atoms. The smallest absolute Gasteiger partial charge is 0.131 e. The number of morpholine rings is 1. The summed E-state index contributed by atoms with van der Waals surface area (Å²) in [6, 6.07) is 13.0. The van der Waals surface area contributed by atoms with Gasteiger partial charge in [-0.05, 0) is 65.3 Å². The van der Waals surface area contributed by atoms with Crippen molar-refractivity contribution in [2.24, 2.45) is 0 Å². The molecule has 2 aliphatic rings. The number of ether oxygens (including phenoxy) is 2. The maximum atomic E-state index is 6.20. The van der Waals surface area contributed by atoms with Gasteiger partial charge in [0, 0.05) is 49.5 Å². The molecule has 2 aliphatic heterocycles. The van der Waals surface area contributed by atoms with Crippen molar-refractivity contribution in [3.63, 3.8) is 0 Å². The van der Waals surface area contributed by atoms with Crippen molar-refractivity contribution in [2.45, 2.75) is 24.8 Å². The Morgan fingerprint density at radius 3 is 2.48 bits per heavy atom. The first kappa shape index (κ1) is 20.1. The van der Waals surface area contributed by atoms with Gasteiger partial charge in [-0.25, -0.2) is 4.98 Å². The first-order chi connectivity index (χ1) is 15.3. The molecule has 2 saturated heterocycles. The second-order valence-electron chi connectivity index (χ2n) is 8.20. The summed E-state index contributed by atoms with van der Waals surface area (Å²) >= 11 is 0. The summed E-state index contributed by atoms with van der Waals surface area (Å²) in [6.45, 7) is 3.99. The van der Waals surface area contributed by atoms with Gasteiger partial charge in [-0.1, -0.05) is 12.1 Å². The van der Waals surface area contributed by atoms with E-state index in [4.69, 9.17) is 15.2 Å². The SMILES string of the molecule is Nc1ncc(-c2ccc(C3CCOCC3)c([C@H]3COCCN3)c2)cc1-c1ccncc1. The van der Waals surface area contributed by atoms with Crippen LogP contribution in [0.1, 0.15) is 35.9 Å². The quantitative estimate of drug-likeness (QED) is 0.670. The summed E-state index contributed by atoms with van der Waals surface area (Å²) in [5.41, 5.74) is 13.1. The molecule has 4 heterocycles. The van der Waals surface area contributed by atoms with E-state index in [-0.39, 0.29) is 6.04 Å². The van der Waals surface area contributed by atoms with E-state index in [1.165, 1.54) is 11.1 Å². The Bertz CT molecular complexity index is 1030. The summed E-state index contributed by atoms with van der Waals surface area (Å²) < 4.78 is 11.4. The first-order valence-corrected chi connectivity index (χ1v) is 11.0. The summed E-state index contributed by atoms with van der Waals surface area (Å²) in [5, 5.41) is 3.64. The highest BCUT2D eigenvalue weighted by molar-refractivity contribution is 5.79. The third-order valence-corrected chi connectivity index (χ3v) is 6.29. The average Bonchev–Trinajstić information content (AvgIpc) is 2.86. The second kappa shape index (κ2) is 9.14. The maximum Gasteiger partial charge on any atom is 0.131 e. The van der Waals surface area contributed by atoms with Crippen LogP contribution in [-0.4, -0.2) is 42.9 Å². The first-order valence-electron chi connectivity index (χ1n) is 11.0. The molecule has 0 saturated carbocycles. The molecule has 0 spiro atoms. The van der Waals surface area contributed by atoms with Crippen LogP contribution in [0, 0.1) is 0 Å². The Morgan fingerprint density at radius 2 is 1.71 bits per heavy atom. The molecule has 6 nitrogen and oxygen atoms in total. The van der Waals surface area contributed by atoms with Gasteiger partial charge in [-0.3, -0.25) is 4.98 Å². The normalized spacial score (nSPS) is 19.9. The molecule has 0 amide bonds. The van der Waals surface area contributed by atoms with Crippen molar-refractivity contribution in [1.29, 1.82) is 0 Å². The van der Waals surface area contributed by atoms with Crippen LogP contribution in [0.2, 0.25) is 0 Å². The highest BCUT2D eigenvalue weighted by Crippen LogP contribution is 2.36. The van der Waals surface area contributed by atoms with Crippen molar-refractivity contribution in [1.82, 2.24) is 15.3 Å². The van der Waals surface area contributed by atoms with Crippen LogP contribution < -0.4 is 11.1 Å². The molecule has 160 valence electrons. The van der Waals surface area contributed by atoms with E-state index in [9.17, 15) is 0 Å². The van der Waals surface area contributed by atoms with Gasteiger partial charge in [0.2, 0.25) is 0 Å². The predicted octanol–water partition coefficient (Wildman–Crippen LogP) is 3.95. The van der Waals surface area contributed by atoms with Gasteiger partial charge in [-0.2, -0.15) is 0 Å². The van der Waals surface area contributed by atoms with E-state index < -0.39 is 0 Å². The van der Waals surface area contributed by atoms with Gasteiger partial charge in [0.15, 0.2) is 0 Å². The summed E-state index contributed by atoms with van der Waals surface area (Å²) in [6.07, 6.45) is 7.54. The summed E-state index contributed by atoms with van der Waals surface area (Å²) in [4.78, 5) is 8.60. The monoisotopic (exact) mass is 416 g/mol. The molecule has 31 heavy (non-hydrogen) atoms. The molecule has 3 aromatic rings. The van der Waals surface area contributed by atoms with Crippen molar-refractivity contribution in [3.05, 3.63) is 66.1 Å². The van der Waals surface area contributed by atoms with Crippen LogP contribution in [0.5, 0.6) is 0 Å². The van der Waals surface area contributed by atoms with Gasteiger partial charge in [-0.15, -0.1) is 0 Å². The van der Waals surface area contributed by atoms with Crippen LogP contribution in [0.25, 0.3) is 22.3 Å². The van der Waals surface area contributed by atoms with Crippen molar-refractivity contribution < 1.29 is 9.47 Å². The van der Waals surface area contributed by atoms with Crippen molar-refractivity contribution in [3.8, 4) is 22.3 Å². The number of nitrogen functional groups attached to an aromatic ring is 1. The van der Waals surface area contributed by atoms with Crippen LogP contribution in [0.4, 0.5) is 5.82 Å². The van der Waals surface area contributed by atoms with E-state index in [0.717, 1.165) is 61.5 Å². The molecule has 2 aromatic heterocycles. The standard InChI is InChI=1S/C25H28N4O2/c26-25-22(17-3-7-27-8-4-17)14-20(15-29-25)19-1-2-21(18-5-10-30-11-6-18)23(13-19)24-16-31-12-9-28-24/h1-4,7-8,13-15,18,24,28H,5-6,9-12,16H2,(H2,26,29)/t24-/m1/s1. The predicted molar refractivity (Wildman–Crippen MR) is 122 cm³/mol. The van der Waals surface area contributed by atoms with Gasteiger partial charge in [0.1, 0.15) is 5.82 Å². The molecule has 1 atom stereocenters. The van der Waals surface area contributed by atoms with Crippen LogP contribution in [0.3, 0.4) is 0 Å². The summed E-state index contributed by atoms with van der Waals surface area (Å²) in [5.74, 6) is 1.05. The molecule has 1 aromatic carbocycles. The van der Waals surface area contributed by atoms with E-state index in [1.54, 1.807) is 12.4 Å². The third kappa shape index (κ3) is 4.32. The molecule has 5 rings (SSSR count). The number of pyridine rings is 2. The lowest BCUT2D eigenvalue weighted by molar-refractivity contribution is 0.0740. The fourth-order valence-corrected chi connectivity index (χ4v) is 4.60. The molecule has 0 aliphatic carbocycles. The van der Waals surface area contributed by atoms with Crippen molar-refractivity contribution in [2.75, 3.05) is 38.7 Å². The van der Waals surface area contributed by atoms with Crippen LogP contribution >= 0.6 is 0 Å². The molecule has 0 radical (unpaired) electrons. The van der Waals surface area contributed by atoms with Gasteiger partial charge in [0.05, 0.1) is 19.3 Å². The molecule has 2 fully saturated rings. The lowest BCUT2D eigenvalue weighted by Crippen LogP contribution is -2.35. The molecule has 3 N–H and O–H groups in total. The number of nitrogens with two attached hydrogens (primary N) is 1. The highest BCUT2D eigenvalue weighted by Gasteiger charge is 2.25. The number of nitrogens with one attached hydrogen (secondary N) is 1. The minimum Gasteiger partial charge on any atom is -0.383 e. The largest absolute Gasteiger partial charge is 0.383 e. The average molecular weight is 417 g/mol. The Hall–Kier alpha value is -2.80. The lowest BCUT2D eigenvalue weighted by atomic mass is 9.84. The molecule has 0 unspecified atom stereocenters. The van der Waals surface area contributed by atoms with Crippen LogP contribution in [-0.2, 0) is 9.47 Å². The Kier molecular flexibility index (Phi) is 5.93. The molecule has 6 heteroatoms. The van der Waals surface area contributed by atoms with E-state index in [2.05, 4.69) is 39.6 Å². The zero-order valence-corrected chi connectivity index (χ0v) is 17.6. The van der Waals surface area contributed by atoms with E-state index >= 15 is 0 Å². The summed E-state index contributed by atoms with van der Waals surface area (Å²) in [7, 11) is 0. The van der Waals surface area contributed by atoms with E-state index in [1.807, 2.05) is 18.3 Å². The minimum atomic E-state index is 0.202. The van der Waals surface area contributed by atoms with Crippen molar-refractivity contribution >= 4 is 5.82 Å². The zero-order valence-electron chi connectivity index (χ0n) is 17.6. The molecular formula is C25H28N4O2. The molecular weight excluding hydrogens is 388 g/mol. The number of anilines is 1. The van der Waals surface area contributed by atoms with Gasteiger partial charge >= 0.3 is 0 Å². The number of hydrogen-bond donors (Lipinski definition) is 2. The number of aromatic nitrogens is 2. The highest BCUT2D eigenvalue weighted by atomic mass is 16.5. The van der Waals surface area contributed by atoms with E-state index in [0.29, 0.717) is 18.3 Å². The van der Waals surface area contributed by atoms with Gasteiger partial charge in [0.25, 0.3) is 0 Å². The zero-order chi connectivity index (χ0) is 21.0. The van der Waals surface area contributed by atoms with Gasteiger partial charge < -0.3 is 20.5 Å². The lowest BCUT2D eigenvalue weighted by Gasteiger charge is -2.31. The minimum absolute atomic E-state index is 0.202. The number of hydrogen-bond acceptors (Lipinski definition) is 6. The van der Waals surface area contributed by atoms with Crippen LogP contribution in [0.15, 0.2) is 55.0 Å². The fraction of sp³-hybridized carbons (Fsp3) is 0.360. The number of benzene rings is 1. The Balaban J connectivity index is 1.55. The fourth-order valence-electron chi connectivity index (χ4n) is 4.60.